The Hall–Kier alpha value is -1.07. The molecule has 17 heavy (non-hydrogen) atoms. The third-order valence-corrected chi connectivity index (χ3v) is 4.16. The zero-order valence-electron chi connectivity index (χ0n) is 9.57. The summed E-state index contributed by atoms with van der Waals surface area (Å²) < 4.78 is 11.6. The molecule has 0 saturated carbocycles. The highest BCUT2D eigenvalue weighted by atomic mass is 79.9. The molecule has 0 N–H and O–H groups in total. The van der Waals surface area contributed by atoms with Crippen molar-refractivity contribution in [2.45, 2.75) is 13.5 Å². The van der Waals surface area contributed by atoms with E-state index in [-0.39, 0.29) is 0 Å². The number of ether oxygens (including phenoxy) is 2. The number of aromatic nitrogens is 1. The first-order valence-electron chi connectivity index (χ1n) is 5.07. The van der Waals surface area contributed by atoms with Gasteiger partial charge in [-0.1, -0.05) is 23.5 Å². The van der Waals surface area contributed by atoms with Gasteiger partial charge in [0, 0.05) is 4.88 Å². The van der Waals surface area contributed by atoms with Crippen LogP contribution in [0.25, 0.3) is 0 Å². The van der Waals surface area contributed by atoms with Crippen LogP contribution in [-0.2, 0) is 6.61 Å². The van der Waals surface area contributed by atoms with Gasteiger partial charge < -0.3 is 9.47 Å². The third kappa shape index (κ3) is 3.20. The van der Waals surface area contributed by atoms with Crippen LogP contribution < -0.4 is 9.47 Å². The van der Waals surface area contributed by atoms with Gasteiger partial charge in [-0.3, -0.25) is 0 Å². The van der Waals surface area contributed by atoms with Crippen molar-refractivity contribution in [1.82, 2.24) is 4.98 Å². The van der Waals surface area contributed by atoms with E-state index in [1.807, 2.05) is 31.2 Å². The standard InChI is InChI=1S/C12H12BrNO2S/c1-8-11(13)14-12(17-8)16-7-9-3-5-10(15-2)6-4-9/h3-6H,7H2,1-2H3. The molecule has 0 saturated heterocycles. The minimum atomic E-state index is 0.517. The monoisotopic (exact) mass is 313 g/mol. The largest absolute Gasteiger partial charge is 0.497 e. The second-order valence-electron chi connectivity index (χ2n) is 3.46. The predicted molar refractivity (Wildman–Crippen MR) is 71.9 cm³/mol. The Labute approximate surface area is 113 Å². The van der Waals surface area contributed by atoms with Crippen molar-refractivity contribution in [3.63, 3.8) is 0 Å². The fourth-order valence-electron chi connectivity index (χ4n) is 1.28. The number of methoxy groups -OCH3 is 1. The number of thiazole rings is 1. The van der Waals surface area contributed by atoms with E-state index in [1.165, 1.54) is 11.3 Å². The van der Waals surface area contributed by atoms with Gasteiger partial charge in [0.25, 0.3) is 5.19 Å². The van der Waals surface area contributed by atoms with Crippen molar-refractivity contribution in [1.29, 1.82) is 0 Å². The fourth-order valence-corrected chi connectivity index (χ4v) is 2.45. The van der Waals surface area contributed by atoms with E-state index in [0.717, 1.165) is 20.8 Å². The number of aryl methyl sites for hydroxylation is 1. The summed E-state index contributed by atoms with van der Waals surface area (Å²) in [5.41, 5.74) is 1.09. The van der Waals surface area contributed by atoms with Crippen molar-refractivity contribution in [3.05, 3.63) is 39.3 Å². The SMILES string of the molecule is COc1ccc(COc2nc(Br)c(C)s2)cc1. The number of halogens is 1. The molecule has 5 heteroatoms. The van der Waals surface area contributed by atoms with Crippen molar-refractivity contribution in [2.75, 3.05) is 7.11 Å². The lowest BCUT2D eigenvalue weighted by molar-refractivity contribution is 0.304. The highest BCUT2D eigenvalue weighted by Gasteiger charge is 2.05. The number of hydrogen-bond donors (Lipinski definition) is 0. The summed E-state index contributed by atoms with van der Waals surface area (Å²) >= 11 is 4.90. The van der Waals surface area contributed by atoms with Gasteiger partial charge in [0.2, 0.25) is 0 Å². The molecule has 0 aliphatic heterocycles. The molecular formula is C12H12BrNO2S. The third-order valence-electron chi connectivity index (χ3n) is 2.24. The Morgan fingerprint density at radius 3 is 2.53 bits per heavy atom. The van der Waals surface area contributed by atoms with Gasteiger partial charge >= 0.3 is 0 Å². The molecule has 90 valence electrons. The highest BCUT2D eigenvalue weighted by molar-refractivity contribution is 9.10. The van der Waals surface area contributed by atoms with E-state index < -0.39 is 0 Å². The maximum atomic E-state index is 5.60. The van der Waals surface area contributed by atoms with Crippen LogP contribution in [0.3, 0.4) is 0 Å². The van der Waals surface area contributed by atoms with Crippen molar-refractivity contribution >= 4 is 27.3 Å². The van der Waals surface area contributed by atoms with Crippen LogP contribution in [0.4, 0.5) is 0 Å². The minimum absolute atomic E-state index is 0.517. The van der Waals surface area contributed by atoms with Crippen molar-refractivity contribution < 1.29 is 9.47 Å². The molecule has 0 aliphatic carbocycles. The summed E-state index contributed by atoms with van der Waals surface area (Å²) in [6, 6.07) is 7.80. The first kappa shape index (κ1) is 12.4. The Morgan fingerprint density at radius 2 is 2.00 bits per heavy atom. The van der Waals surface area contributed by atoms with Crippen LogP contribution in [-0.4, -0.2) is 12.1 Å². The topological polar surface area (TPSA) is 31.4 Å². The number of benzene rings is 1. The zero-order chi connectivity index (χ0) is 12.3. The average Bonchev–Trinajstić information content (AvgIpc) is 2.67. The summed E-state index contributed by atoms with van der Waals surface area (Å²) in [5, 5.41) is 0.685. The molecule has 1 heterocycles. The molecule has 1 aromatic heterocycles. The Morgan fingerprint density at radius 1 is 1.29 bits per heavy atom. The van der Waals surface area contributed by atoms with Crippen LogP contribution in [0.2, 0.25) is 0 Å². The molecule has 0 amide bonds. The second kappa shape index (κ2) is 5.51. The lowest BCUT2D eigenvalue weighted by Crippen LogP contribution is -1.94. The van der Waals surface area contributed by atoms with Gasteiger partial charge in [-0.15, -0.1) is 0 Å². The first-order chi connectivity index (χ1) is 8.19. The molecule has 3 nitrogen and oxygen atoms in total. The Balaban J connectivity index is 1.97. The van der Waals surface area contributed by atoms with Gasteiger partial charge in [-0.05, 0) is 40.5 Å². The molecular weight excluding hydrogens is 302 g/mol. The summed E-state index contributed by atoms with van der Waals surface area (Å²) in [4.78, 5) is 5.37. The molecule has 0 bridgehead atoms. The highest BCUT2D eigenvalue weighted by Crippen LogP contribution is 2.28. The van der Waals surface area contributed by atoms with Crippen LogP contribution in [0.1, 0.15) is 10.4 Å². The average molecular weight is 314 g/mol. The zero-order valence-corrected chi connectivity index (χ0v) is 12.0. The lowest BCUT2D eigenvalue weighted by Gasteiger charge is -2.03. The van der Waals surface area contributed by atoms with Crippen molar-refractivity contribution in [3.8, 4) is 10.9 Å². The normalized spacial score (nSPS) is 10.3. The molecule has 0 spiro atoms. The second-order valence-corrected chi connectivity index (χ2v) is 5.38. The van der Waals surface area contributed by atoms with Crippen LogP contribution in [0.15, 0.2) is 28.9 Å². The fraction of sp³-hybridized carbons (Fsp3) is 0.250. The Bertz CT molecular complexity index is 476. The van der Waals surface area contributed by atoms with Crippen molar-refractivity contribution in [2.24, 2.45) is 0 Å². The van der Waals surface area contributed by atoms with Gasteiger partial charge in [-0.25, -0.2) is 0 Å². The maximum Gasteiger partial charge on any atom is 0.274 e. The molecule has 0 unspecified atom stereocenters. The van der Waals surface area contributed by atoms with E-state index >= 15 is 0 Å². The quantitative estimate of drug-likeness (QED) is 0.860. The molecule has 0 atom stereocenters. The molecule has 2 rings (SSSR count). The minimum Gasteiger partial charge on any atom is -0.497 e. The number of nitrogens with zero attached hydrogens (tertiary/aromatic N) is 1. The lowest BCUT2D eigenvalue weighted by atomic mass is 10.2. The smallest absolute Gasteiger partial charge is 0.274 e. The maximum absolute atomic E-state index is 5.60. The number of rotatable bonds is 4. The van der Waals surface area contributed by atoms with Gasteiger partial charge in [-0.2, -0.15) is 4.98 Å². The summed E-state index contributed by atoms with van der Waals surface area (Å²) in [7, 11) is 1.65. The molecule has 2 aromatic rings. The van der Waals surface area contributed by atoms with E-state index in [1.54, 1.807) is 7.11 Å². The van der Waals surface area contributed by atoms with E-state index in [9.17, 15) is 0 Å². The van der Waals surface area contributed by atoms with Gasteiger partial charge in [0.1, 0.15) is 17.0 Å². The Kier molecular flexibility index (Phi) is 4.02. The molecule has 0 radical (unpaired) electrons. The summed E-state index contributed by atoms with van der Waals surface area (Å²) in [5.74, 6) is 0.849. The molecule has 0 fully saturated rings. The molecule has 1 aromatic carbocycles. The van der Waals surface area contributed by atoms with E-state index in [2.05, 4.69) is 20.9 Å². The van der Waals surface area contributed by atoms with Gasteiger partial charge in [0.15, 0.2) is 0 Å². The molecule has 0 aliphatic rings. The van der Waals surface area contributed by atoms with E-state index in [0.29, 0.717) is 11.8 Å². The summed E-state index contributed by atoms with van der Waals surface area (Å²) in [6.45, 7) is 2.52. The number of hydrogen-bond acceptors (Lipinski definition) is 4. The van der Waals surface area contributed by atoms with Crippen LogP contribution in [0, 0.1) is 6.92 Å². The van der Waals surface area contributed by atoms with E-state index in [4.69, 9.17) is 9.47 Å². The van der Waals surface area contributed by atoms with Gasteiger partial charge in [0.05, 0.1) is 7.11 Å². The van der Waals surface area contributed by atoms with Crippen LogP contribution in [0.5, 0.6) is 10.9 Å². The summed E-state index contributed by atoms with van der Waals surface area (Å²) in [6.07, 6.45) is 0. The predicted octanol–water partition coefficient (Wildman–Crippen LogP) is 3.80. The first-order valence-corrected chi connectivity index (χ1v) is 6.68. The van der Waals surface area contributed by atoms with Crippen LogP contribution >= 0.6 is 27.3 Å².